The molecule has 3 fully saturated rings. The average molecular weight is 466 g/mol. The van der Waals surface area contributed by atoms with Crippen LogP contribution in [-0.2, 0) is 15.0 Å². The molecule has 2 aliphatic carbocycles. The summed E-state index contributed by atoms with van der Waals surface area (Å²) in [4.78, 5) is 33.7. The van der Waals surface area contributed by atoms with E-state index in [0.717, 1.165) is 61.1 Å². The zero-order chi connectivity index (χ0) is 23.4. The molecule has 1 aromatic heterocycles. The van der Waals surface area contributed by atoms with Gasteiger partial charge in [-0.15, -0.1) is 0 Å². The van der Waals surface area contributed by atoms with E-state index in [4.69, 9.17) is 4.74 Å². The molecular formula is C27H35N3O4. The number of ether oxygens (including phenoxy) is 1. The minimum absolute atomic E-state index is 0.102. The molecular weight excluding hydrogens is 430 g/mol. The number of fused-ring (bicyclic) bond motifs is 4. The second-order valence-electron chi connectivity index (χ2n) is 11.0. The molecule has 3 heterocycles. The van der Waals surface area contributed by atoms with Crippen LogP contribution in [0.1, 0.15) is 68.7 Å². The summed E-state index contributed by atoms with van der Waals surface area (Å²) >= 11 is 0. The Kier molecular flexibility index (Phi) is 5.36. The van der Waals surface area contributed by atoms with Gasteiger partial charge in [-0.05, 0) is 68.1 Å². The third-order valence-electron chi connectivity index (χ3n) is 8.63. The normalized spacial score (nSPS) is 23.9. The van der Waals surface area contributed by atoms with Crippen LogP contribution in [0, 0.1) is 11.8 Å². The summed E-state index contributed by atoms with van der Waals surface area (Å²) in [6.45, 7) is 1.96. The third-order valence-corrected chi connectivity index (χ3v) is 8.63. The number of carbonyl (C=O) groups excluding carboxylic acids is 2. The molecule has 4 aliphatic rings. The second kappa shape index (κ2) is 8.29. The van der Waals surface area contributed by atoms with Crippen LogP contribution in [0.15, 0.2) is 18.2 Å². The van der Waals surface area contributed by atoms with Gasteiger partial charge in [-0.1, -0.05) is 0 Å². The van der Waals surface area contributed by atoms with Crippen LogP contribution < -0.4 is 4.74 Å². The van der Waals surface area contributed by atoms with Gasteiger partial charge in [-0.2, -0.15) is 0 Å². The fraction of sp³-hybridized carbons (Fsp3) is 0.630. The summed E-state index contributed by atoms with van der Waals surface area (Å²) in [5.74, 6) is 2.30. The maximum atomic E-state index is 13.4. The maximum absolute atomic E-state index is 13.4. The van der Waals surface area contributed by atoms with Crippen molar-refractivity contribution in [3.8, 4) is 5.75 Å². The van der Waals surface area contributed by atoms with Crippen molar-refractivity contribution < 1.29 is 19.4 Å². The lowest BCUT2D eigenvalue weighted by atomic mass is 9.68. The molecule has 1 spiro atoms. The molecule has 0 bridgehead atoms. The van der Waals surface area contributed by atoms with E-state index in [1.165, 1.54) is 18.4 Å². The monoisotopic (exact) mass is 465 g/mol. The van der Waals surface area contributed by atoms with Crippen LogP contribution in [0.2, 0.25) is 0 Å². The number of nitrogens with one attached hydrogen (secondary N) is 1. The molecule has 34 heavy (non-hydrogen) atoms. The van der Waals surface area contributed by atoms with Crippen LogP contribution in [0.5, 0.6) is 5.75 Å². The largest absolute Gasteiger partial charge is 0.497 e. The van der Waals surface area contributed by atoms with Crippen molar-refractivity contribution in [2.45, 2.75) is 62.8 Å². The highest BCUT2D eigenvalue weighted by molar-refractivity contribution is 5.89. The minimum atomic E-state index is -0.361. The number of nitrogens with zero attached hydrogens (tertiary/aromatic N) is 2. The van der Waals surface area contributed by atoms with E-state index in [-0.39, 0.29) is 29.9 Å². The Hall–Kier alpha value is -2.54. The number of aliphatic hydroxyl groups is 1. The number of aromatic amines is 1. The van der Waals surface area contributed by atoms with Crippen molar-refractivity contribution in [1.82, 2.24) is 14.8 Å². The SMILES string of the molecule is COc1ccc2c3c([nH]c2c1)[C@@H](CO)N(C(=O)CC1CC1)CC31CCN(C(=O)CC2CC2)CC1. The smallest absolute Gasteiger partial charge is 0.223 e. The number of methoxy groups -OCH3 is 1. The molecule has 1 saturated heterocycles. The van der Waals surface area contributed by atoms with Crippen molar-refractivity contribution in [3.63, 3.8) is 0 Å². The average Bonchev–Trinajstić information content (AvgIpc) is 3.78. The second-order valence-corrected chi connectivity index (χ2v) is 11.0. The zero-order valence-electron chi connectivity index (χ0n) is 20.0. The van der Waals surface area contributed by atoms with Crippen molar-refractivity contribution in [3.05, 3.63) is 29.5 Å². The molecule has 1 aromatic carbocycles. The first-order chi connectivity index (χ1) is 16.5. The lowest BCUT2D eigenvalue weighted by Crippen LogP contribution is -2.56. The van der Waals surface area contributed by atoms with Gasteiger partial charge in [0, 0.05) is 60.6 Å². The van der Waals surface area contributed by atoms with Crippen LogP contribution in [-0.4, -0.2) is 65.1 Å². The van der Waals surface area contributed by atoms with Crippen LogP contribution in [0.25, 0.3) is 10.9 Å². The van der Waals surface area contributed by atoms with E-state index in [0.29, 0.717) is 31.2 Å². The fourth-order valence-corrected chi connectivity index (χ4v) is 6.25. The van der Waals surface area contributed by atoms with Gasteiger partial charge >= 0.3 is 0 Å². The predicted molar refractivity (Wildman–Crippen MR) is 129 cm³/mol. The molecule has 1 atom stereocenters. The van der Waals surface area contributed by atoms with Crippen LogP contribution in [0.3, 0.4) is 0 Å². The van der Waals surface area contributed by atoms with E-state index in [1.807, 2.05) is 21.9 Å². The summed E-state index contributed by atoms with van der Waals surface area (Å²) in [5, 5.41) is 11.6. The zero-order valence-corrected chi connectivity index (χ0v) is 20.0. The minimum Gasteiger partial charge on any atom is -0.497 e. The Labute approximate surface area is 200 Å². The number of piperidine rings is 1. The topological polar surface area (TPSA) is 85.9 Å². The highest BCUT2D eigenvalue weighted by Gasteiger charge is 2.49. The van der Waals surface area contributed by atoms with E-state index in [9.17, 15) is 14.7 Å². The number of aliphatic hydroxyl groups excluding tert-OH is 1. The van der Waals surface area contributed by atoms with Crippen molar-refractivity contribution in [1.29, 1.82) is 0 Å². The quantitative estimate of drug-likeness (QED) is 0.684. The van der Waals surface area contributed by atoms with Crippen molar-refractivity contribution in [2.24, 2.45) is 11.8 Å². The highest BCUT2D eigenvalue weighted by Crippen LogP contribution is 2.50. The first-order valence-corrected chi connectivity index (χ1v) is 12.9. The van der Waals surface area contributed by atoms with Gasteiger partial charge in [0.15, 0.2) is 0 Å². The molecule has 2 aromatic rings. The summed E-state index contributed by atoms with van der Waals surface area (Å²) in [5.41, 5.74) is 2.95. The molecule has 0 radical (unpaired) electrons. The maximum Gasteiger partial charge on any atom is 0.223 e. The summed E-state index contributed by atoms with van der Waals surface area (Å²) in [6, 6.07) is 5.73. The fourth-order valence-electron chi connectivity index (χ4n) is 6.25. The Balaban J connectivity index is 1.37. The number of aromatic nitrogens is 1. The summed E-state index contributed by atoms with van der Waals surface area (Å²) in [6.07, 6.45) is 7.56. The Morgan fingerprint density at radius 2 is 1.76 bits per heavy atom. The van der Waals surface area contributed by atoms with Gasteiger partial charge in [0.25, 0.3) is 0 Å². The summed E-state index contributed by atoms with van der Waals surface area (Å²) in [7, 11) is 1.66. The van der Waals surface area contributed by atoms with Gasteiger partial charge < -0.3 is 24.6 Å². The van der Waals surface area contributed by atoms with E-state index < -0.39 is 0 Å². The summed E-state index contributed by atoms with van der Waals surface area (Å²) < 4.78 is 5.45. The number of likely N-dealkylation sites (tertiary alicyclic amines) is 1. The third kappa shape index (κ3) is 3.78. The predicted octanol–water partition coefficient (Wildman–Crippen LogP) is 3.51. The molecule has 6 rings (SSSR count). The number of amides is 2. The van der Waals surface area contributed by atoms with E-state index in [1.54, 1.807) is 7.11 Å². The number of hydrogen-bond acceptors (Lipinski definition) is 4. The van der Waals surface area contributed by atoms with Gasteiger partial charge in [0.1, 0.15) is 5.75 Å². The molecule has 7 heteroatoms. The van der Waals surface area contributed by atoms with Gasteiger partial charge in [-0.25, -0.2) is 0 Å². The van der Waals surface area contributed by atoms with Crippen LogP contribution >= 0.6 is 0 Å². The number of carbonyl (C=O) groups is 2. The lowest BCUT2D eigenvalue weighted by molar-refractivity contribution is -0.139. The molecule has 2 aliphatic heterocycles. The number of H-pyrrole nitrogens is 1. The number of hydrogen-bond donors (Lipinski definition) is 2. The molecule has 2 saturated carbocycles. The van der Waals surface area contributed by atoms with E-state index in [2.05, 4.69) is 11.1 Å². The molecule has 2 N–H and O–H groups in total. The van der Waals surface area contributed by atoms with Gasteiger partial charge in [0.2, 0.25) is 11.8 Å². The molecule has 0 unspecified atom stereocenters. The number of benzene rings is 1. The van der Waals surface area contributed by atoms with E-state index >= 15 is 0 Å². The molecule has 2 amide bonds. The van der Waals surface area contributed by atoms with Crippen molar-refractivity contribution in [2.75, 3.05) is 33.4 Å². The Morgan fingerprint density at radius 3 is 2.38 bits per heavy atom. The highest BCUT2D eigenvalue weighted by atomic mass is 16.5. The Morgan fingerprint density at radius 1 is 1.09 bits per heavy atom. The van der Waals surface area contributed by atoms with Gasteiger partial charge in [0.05, 0.1) is 19.8 Å². The first-order valence-electron chi connectivity index (χ1n) is 12.9. The molecule has 182 valence electrons. The lowest BCUT2D eigenvalue weighted by Gasteiger charge is -2.50. The number of rotatable bonds is 6. The molecule has 7 nitrogen and oxygen atoms in total. The Bertz CT molecular complexity index is 1110. The van der Waals surface area contributed by atoms with Gasteiger partial charge in [-0.3, -0.25) is 9.59 Å². The van der Waals surface area contributed by atoms with Crippen LogP contribution in [0.4, 0.5) is 0 Å². The van der Waals surface area contributed by atoms with Crippen molar-refractivity contribution >= 4 is 22.7 Å². The standard InChI is InChI=1S/C27H35N3O4/c1-34-19-6-7-20-21(14-19)28-26-22(15-31)30(24(33)13-18-4-5-18)16-27(25(20)26)8-10-29(11-9-27)23(32)12-17-2-3-17/h6-7,14,17-18,22,28,31H,2-5,8-13,15-16H2,1H3/t22-/m1/s1. The first kappa shape index (κ1) is 22.0.